The second kappa shape index (κ2) is 5.58. The second-order valence-electron chi connectivity index (χ2n) is 4.09. The van der Waals surface area contributed by atoms with Crippen molar-refractivity contribution in [2.75, 3.05) is 26.2 Å². The highest BCUT2D eigenvalue weighted by Gasteiger charge is 2.31. The summed E-state index contributed by atoms with van der Waals surface area (Å²) in [4.78, 5) is -0.0612. The number of nitrogens with zero attached hydrogens (tertiary/aromatic N) is 2. The van der Waals surface area contributed by atoms with Gasteiger partial charge in [-0.05, 0) is 24.3 Å². The normalized spacial score (nSPS) is 17.9. The predicted octanol–water partition coefficient (Wildman–Crippen LogP) is 1.19. The lowest BCUT2D eigenvalue weighted by Crippen LogP contribution is -2.43. The molecule has 1 aliphatic rings. The summed E-state index contributed by atoms with van der Waals surface area (Å²) >= 11 is 0. The Hall–Kier alpha value is -1.32. The summed E-state index contributed by atoms with van der Waals surface area (Å²) in [6, 6.07) is 4.16. The Morgan fingerprint density at radius 1 is 1.10 bits per heavy atom. The molecule has 20 heavy (non-hydrogen) atoms. The minimum Gasteiger partial charge on any atom is -0.406 e. The lowest BCUT2D eigenvalue weighted by atomic mass is 10.3. The molecule has 0 spiro atoms. The Labute approximate surface area is 114 Å². The van der Waals surface area contributed by atoms with Gasteiger partial charge in [-0.1, -0.05) is 0 Å². The number of halogens is 3. The molecule has 1 radical (unpaired) electrons. The van der Waals surface area contributed by atoms with E-state index in [2.05, 4.69) is 10.1 Å². The van der Waals surface area contributed by atoms with Crippen LogP contribution in [0.2, 0.25) is 0 Å². The zero-order valence-corrected chi connectivity index (χ0v) is 11.1. The van der Waals surface area contributed by atoms with Crippen LogP contribution in [0, 0.1) is 0 Å². The topological polar surface area (TPSA) is 60.7 Å². The van der Waals surface area contributed by atoms with Crippen LogP contribution in [0.15, 0.2) is 29.2 Å². The van der Waals surface area contributed by atoms with Gasteiger partial charge in [0.15, 0.2) is 0 Å². The first-order valence-corrected chi connectivity index (χ1v) is 7.22. The van der Waals surface area contributed by atoms with Gasteiger partial charge in [0.2, 0.25) is 10.0 Å². The Morgan fingerprint density at radius 3 is 2.15 bits per heavy atom. The van der Waals surface area contributed by atoms with E-state index in [-0.39, 0.29) is 18.0 Å². The molecule has 1 saturated heterocycles. The van der Waals surface area contributed by atoms with E-state index < -0.39 is 22.1 Å². The summed E-state index contributed by atoms with van der Waals surface area (Å²) in [5.74, 6) is -0.454. The van der Waals surface area contributed by atoms with Gasteiger partial charge in [-0.25, -0.2) is 13.7 Å². The number of hydrogen-bond acceptors (Lipinski definition) is 3. The second-order valence-corrected chi connectivity index (χ2v) is 6.03. The van der Waals surface area contributed by atoms with Crippen molar-refractivity contribution in [3.63, 3.8) is 0 Å². The highest BCUT2D eigenvalue weighted by atomic mass is 32.2. The van der Waals surface area contributed by atoms with E-state index in [0.717, 1.165) is 24.3 Å². The van der Waals surface area contributed by atoms with E-state index >= 15 is 0 Å². The van der Waals surface area contributed by atoms with Gasteiger partial charge >= 0.3 is 6.36 Å². The minimum absolute atomic E-state index is 0.0612. The quantitative estimate of drug-likeness (QED) is 0.843. The Balaban J connectivity index is 2.16. The monoisotopic (exact) mass is 309 g/mol. The zero-order valence-electron chi connectivity index (χ0n) is 10.3. The molecule has 0 aliphatic carbocycles. The molecule has 0 aromatic heterocycles. The van der Waals surface area contributed by atoms with Crippen LogP contribution in [0.25, 0.3) is 0 Å². The lowest BCUT2D eigenvalue weighted by molar-refractivity contribution is -0.274. The summed E-state index contributed by atoms with van der Waals surface area (Å²) in [7, 11) is -3.69. The van der Waals surface area contributed by atoms with E-state index in [1.54, 1.807) is 0 Å². The molecule has 5 nitrogen and oxygen atoms in total. The average molecular weight is 309 g/mol. The van der Waals surface area contributed by atoms with Crippen LogP contribution in [0.1, 0.15) is 0 Å². The standard InChI is InChI=1S/C11H12F3N2O3S/c12-11(13,14)19-9-1-3-10(4-2-9)20(17,18)16-7-5-15-6-8-16/h1-4H,5-8H2. The van der Waals surface area contributed by atoms with Crippen LogP contribution in [-0.4, -0.2) is 45.3 Å². The molecule has 0 bridgehead atoms. The molecule has 0 atom stereocenters. The fourth-order valence-electron chi connectivity index (χ4n) is 1.79. The smallest absolute Gasteiger partial charge is 0.406 e. The third-order valence-electron chi connectivity index (χ3n) is 2.71. The van der Waals surface area contributed by atoms with Crippen molar-refractivity contribution in [2.24, 2.45) is 0 Å². The molecule has 0 N–H and O–H groups in total. The molecule has 0 unspecified atom stereocenters. The van der Waals surface area contributed by atoms with Crippen LogP contribution in [0.3, 0.4) is 0 Å². The maximum absolute atomic E-state index is 12.2. The van der Waals surface area contributed by atoms with E-state index in [4.69, 9.17) is 0 Å². The van der Waals surface area contributed by atoms with Crippen molar-refractivity contribution in [1.82, 2.24) is 9.62 Å². The van der Waals surface area contributed by atoms with E-state index in [9.17, 15) is 21.6 Å². The van der Waals surface area contributed by atoms with Crippen LogP contribution in [-0.2, 0) is 10.0 Å². The summed E-state index contributed by atoms with van der Waals surface area (Å²) in [6.07, 6.45) is -4.80. The average Bonchev–Trinajstić information content (AvgIpc) is 2.38. The molecule has 1 aromatic rings. The SMILES string of the molecule is O=S(=O)(c1ccc(OC(F)(F)F)cc1)N1CC[N]CC1. The lowest BCUT2D eigenvalue weighted by Gasteiger charge is -2.25. The van der Waals surface area contributed by atoms with Gasteiger partial charge < -0.3 is 4.74 Å². The molecule has 1 fully saturated rings. The number of benzene rings is 1. The van der Waals surface area contributed by atoms with Crippen molar-refractivity contribution in [3.8, 4) is 5.75 Å². The first-order chi connectivity index (χ1) is 9.29. The highest BCUT2D eigenvalue weighted by Crippen LogP contribution is 2.25. The first-order valence-electron chi connectivity index (χ1n) is 5.78. The van der Waals surface area contributed by atoms with Crippen LogP contribution >= 0.6 is 0 Å². The number of piperazine rings is 1. The summed E-state index contributed by atoms with van der Waals surface area (Å²) < 4.78 is 65.4. The van der Waals surface area contributed by atoms with Gasteiger partial charge in [-0.3, -0.25) is 0 Å². The number of sulfonamides is 1. The molecule has 0 saturated carbocycles. The van der Waals surface area contributed by atoms with Crippen molar-refractivity contribution in [1.29, 1.82) is 0 Å². The molecule has 9 heteroatoms. The fraction of sp³-hybridized carbons (Fsp3) is 0.455. The third kappa shape index (κ3) is 3.62. The predicted molar refractivity (Wildman–Crippen MR) is 63.8 cm³/mol. The Morgan fingerprint density at radius 2 is 1.65 bits per heavy atom. The molecular formula is C11H12F3N2O3S. The molecule has 2 rings (SSSR count). The Kier molecular flexibility index (Phi) is 4.21. The first kappa shape index (κ1) is 15.1. The van der Waals surface area contributed by atoms with Gasteiger partial charge in [0.1, 0.15) is 5.75 Å². The van der Waals surface area contributed by atoms with Gasteiger partial charge in [0.25, 0.3) is 0 Å². The molecule has 1 heterocycles. The maximum atomic E-state index is 12.2. The van der Waals surface area contributed by atoms with Crippen LogP contribution in [0.5, 0.6) is 5.75 Å². The van der Waals surface area contributed by atoms with E-state index in [1.165, 1.54) is 4.31 Å². The molecule has 1 aromatic carbocycles. The maximum Gasteiger partial charge on any atom is 0.573 e. The number of rotatable bonds is 3. The van der Waals surface area contributed by atoms with Crippen molar-refractivity contribution in [2.45, 2.75) is 11.3 Å². The molecule has 0 amide bonds. The zero-order chi connectivity index (χ0) is 14.8. The molecule has 1 aliphatic heterocycles. The third-order valence-corrected chi connectivity index (χ3v) is 4.62. The number of hydrogen-bond donors (Lipinski definition) is 0. The summed E-state index contributed by atoms with van der Waals surface area (Å²) in [6.45, 7) is 1.41. The number of ether oxygens (including phenoxy) is 1. The molecule has 111 valence electrons. The Bertz CT molecular complexity index is 551. The van der Waals surface area contributed by atoms with Gasteiger partial charge in [0, 0.05) is 26.2 Å². The van der Waals surface area contributed by atoms with Crippen LogP contribution in [0.4, 0.5) is 13.2 Å². The minimum atomic E-state index is -4.80. The highest BCUT2D eigenvalue weighted by molar-refractivity contribution is 7.89. The van der Waals surface area contributed by atoms with Crippen molar-refractivity contribution in [3.05, 3.63) is 24.3 Å². The van der Waals surface area contributed by atoms with Crippen molar-refractivity contribution < 1.29 is 26.3 Å². The molecular weight excluding hydrogens is 297 g/mol. The van der Waals surface area contributed by atoms with Gasteiger partial charge in [0.05, 0.1) is 4.90 Å². The van der Waals surface area contributed by atoms with Crippen molar-refractivity contribution >= 4 is 10.0 Å². The van der Waals surface area contributed by atoms with E-state index in [0.29, 0.717) is 13.1 Å². The van der Waals surface area contributed by atoms with Gasteiger partial charge in [-0.15, -0.1) is 13.2 Å². The largest absolute Gasteiger partial charge is 0.573 e. The summed E-state index contributed by atoms with van der Waals surface area (Å²) in [5, 5.41) is 4.04. The fourth-order valence-corrected chi connectivity index (χ4v) is 3.21. The van der Waals surface area contributed by atoms with E-state index in [1.807, 2.05) is 0 Å². The number of alkyl halides is 3. The van der Waals surface area contributed by atoms with Gasteiger partial charge in [-0.2, -0.15) is 4.31 Å². The summed E-state index contributed by atoms with van der Waals surface area (Å²) in [5.41, 5.74) is 0. The van der Waals surface area contributed by atoms with Crippen LogP contribution < -0.4 is 10.1 Å².